The first-order chi connectivity index (χ1) is 8.56. The Morgan fingerprint density at radius 2 is 2.06 bits per heavy atom. The highest BCUT2D eigenvalue weighted by Gasteiger charge is 2.26. The molecule has 2 N–H and O–H groups in total. The lowest BCUT2D eigenvalue weighted by Crippen LogP contribution is -2.50. The van der Waals surface area contributed by atoms with E-state index in [1.54, 1.807) is 11.9 Å². The van der Waals surface area contributed by atoms with Crippen LogP contribution in [-0.4, -0.2) is 54.4 Å². The number of carbonyl (C=O) groups excluding carboxylic acids is 1. The van der Waals surface area contributed by atoms with Crippen LogP contribution in [0.4, 0.5) is 4.79 Å². The van der Waals surface area contributed by atoms with E-state index in [1.807, 2.05) is 6.92 Å². The number of carboxylic acids is 1. The molecule has 2 amide bonds. The first kappa shape index (κ1) is 14.8. The molecule has 0 bridgehead atoms. The second-order valence-electron chi connectivity index (χ2n) is 4.58. The standard InChI is InChI=1S/C12H22N2O4/c1-3-4-10(11(15)16)13-12(17)14(2)9-5-7-18-8-6-9/h9-10H,3-8H2,1-2H3,(H,13,17)(H,15,16). The maximum absolute atomic E-state index is 11.9. The van der Waals surface area contributed by atoms with Crippen LogP contribution in [0.1, 0.15) is 32.6 Å². The molecule has 104 valence electrons. The Labute approximate surface area is 107 Å². The predicted octanol–water partition coefficient (Wildman–Crippen LogP) is 1.06. The number of carbonyl (C=O) groups is 2. The minimum atomic E-state index is -0.981. The van der Waals surface area contributed by atoms with E-state index in [0.29, 0.717) is 19.6 Å². The molecule has 1 aliphatic rings. The number of amides is 2. The number of nitrogens with one attached hydrogen (secondary N) is 1. The molecule has 6 nitrogen and oxygen atoms in total. The highest BCUT2D eigenvalue weighted by atomic mass is 16.5. The fourth-order valence-electron chi connectivity index (χ4n) is 2.04. The lowest BCUT2D eigenvalue weighted by molar-refractivity contribution is -0.139. The van der Waals surface area contributed by atoms with E-state index in [2.05, 4.69) is 5.32 Å². The van der Waals surface area contributed by atoms with E-state index in [9.17, 15) is 9.59 Å². The topological polar surface area (TPSA) is 78.9 Å². The van der Waals surface area contributed by atoms with Crippen molar-refractivity contribution < 1.29 is 19.4 Å². The van der Waals surface area contributed by atoms with Crippen molar-refractivity contribution in [2.75, 3.05) is 20.3 Å². The van der Waals surface area contributed by atoms with Crippen molar-refractivity contribution in [3.8, 4) is 0 Å². The summed E-state index contributed by atoms with van der Waals surface area (Å²) < 4.78 is 5.24. The molecule has 0 aromatic carbocycles. The Hall–Kier alpha value is -1.30. The molecule has 1 aliphatic heterocycles. The second-order valence-corrected chi connectivity index (χ2v) is 4.58. The number of hydrogen-bond donors (Lipinski definition) is 2. The van der Waals surface area contributed by atoms with Gasteiger partial charge in [0.2, 0.25) is 0 Å². The summed E-state index contributed by atoms with van der Waals surface area (Å²) in [5.41, 5.74) is 0. The Bertz CT molecular complexity index is 290. The molecule has 1 saturated heterocycles. The number of nitrogens with zero attached hydrogens (tertiary/aromatic N) is 1. The van der Waals surface area contributed by atoms with Gasteiger partial charge in [0.1, 0.15) is 6.04 Å². The third kappa shape index (κ3) is 4.18. The van der Waals surface area contributed by atoms with Gasteiger partial charge in [-0.1, -0.05) is 13.3 Å². The van der Waals surface area contributed by atoms with Crippen LogP contribution in [0.15, 0.2) is 0 Å². The molecule has 0 aliphatic carbocycles. The fourth-order valence-corrected chi connectivity index (χ4v) is 2.04. The maximum atomic E-state index is 11.9. The van der Waals surface area contributed by atoms with Gasteiger partial charge in [0.25, 0.3) is 0 Å². The van der Waals surface area contributed by atoms with Crippen molar-refractivity contribution >= 4 is 12.0 Å². The molecule has 1 fully saturated rings. The molecule has 0 aromatic heterocycles. The predicted molar refractivity (Wildman–Crippen MR) is 66.5 cm³/mol. The molecule has 6 heteroatoms. The van der Waals surface area contributed by atoms with E-state index in [4.69, 9.17) is 9.84 Å². The summed E-state index contributed by atoms with van der Waals surface area (Å²) in [6, 6.07) is -0.984. The van der Waals surface area contributed by atoms with Gasteiger partial charge in [-0.2, -0.15) is 0 Å². The minimum Gasteiger partial charge on any atom is -0.480 e. The number of hydrogen-bond acceptors (Lipinski definition) is 3. The largest absolute Gasteiger partial charge is 0.480 e. The quantitative estimate of drug-likeness (QED) is 0.773. The van der Waals surface area contributed by atoms with Gasteiger partial charge >= 0.3 is 12.0 Å². The summed E-state index contributed by atoms with van der Waals surface area (Å²) in [6.07, 6.45) is 2.77. The highest BCUT2D eigenvalue weighted by molar-refractivity contribution is 5.82. The monoisotopic (exact) mass is 258 g/mol. The molecule has 1 heterocycles. The Balaban J connectivity index is 2.48. The van der Waals surface area contributed by atoms with E-state index >= 15 is 0 Å². The molecule has 0 spiro atoms. The summed E-state index contributed by atoms with van der Waals surface area (Å²) >= 11 is 0. The van der Waals surface area contributed by atoms with Crippen molar-refractivity contribution in [3.05, 3.63) is 0 Å². The Morgan fingerprint density at radius 3 is 2.56 bits per heavy atom. The van der Waals surface area contributed by atoms with Crippen LogP contribution in [0.3, 0.4) is 0 Å². The average Bonchev–Trinajstić information content (AvgIpc) is 2.38. The van der Waals surface area contributed by atoms with Gasteiger partial charge in [-0.3, -0.25) is 0 Å². The summed E-state index contributed by atoms with van der Waals surface area (Å²) in [6.45, 7) is 3.20. The van der Waals surface area contributed by atoms with Crippen molar-refractivity contribution in [1.29, 1.82) is 0 Å². The van der Waals surface area contributed by atoms with Crippen LogP contribution in [0.25, 0.3) is 0 Å². The second kappa shape index (κ2) is 7.20. The third-order valence-corrected chi connectivity index (χ3v) is 3.23. The van der Waals surface area contributed by atoms with E-state index in [0.717, 1.165) is 19.3 Å². The van der Waals surface area contributed by atoms with Crippen molar-refractivity contribution in [2.24, 2.45) is 0 Å². The Kier molecular flexibility index (Phi) is 5.91. The molecule has 1 unspecified atom stereocenters. The summed E-state index contributed by atoms with van der Waals surface area (Å²) in [7, 11) is 1.70. The van der Waals surface area contributed by atoms with Gasteiger partial charge in [0.15, 0.2) is 0 Å². The lowest BCUT2D eigenvalue weighted by atomic mass is 10.1. The van der Waals surface area contributed by atoms with Gasteiger partial charge in [0, 0.05) is 26.3 Å². The zero-order valence-corrected chi connectivity index (χ0v) is 11.0. The zero-order chi connectivity index (χ0) is 13.5. The summed E-state index contributed by atoms with van der Waals surface area (Å²) in [4.78, 5) is 24.5. The SMILES string of the molecule is CCCC(NC(=O)N(C)C1CCOCC1)C(=O)O. The molecule has 18 heavy (non-hydrogen) atoms. The molecule has 1 rings (SSSR count). The van der Waals surface area contributed by atoms with Crippen LogP contribution in [0, 0.1) is 0 Å². The van der Waals surface area contributed by atoms with Gasteiger partial charge in [0.05, 0.1) is 0 Å². The first-order valence-electron chi connectivity index (χ1n) is 6.40. The summed E-state index contributed by atoms with van der Waals surface area (Å²) in [5.74, 6) is -0.981. The molecule has 1 atom stereocenters. The Morgan fingerprint density at radius 1 is 1.44 bits per heavy atom. The molecule has 0 radical (unpaired) electrons. The number of ether oxygens (including phenoxy) is 1. The van der Waals surface area contributed by atoms with Crippen LogP contribution in [0.5, 0.6) is 0 Å². The van der Waals surface area contributed by atoms with E-state index in [-0.39, 0.29) is 12.1 Å². The maximum Gasteiger partial charge on any atom is 0.326 e. The number of rotatable bonds is 5. The van der Waals surface area contributed by atoms with Gasteiger partial charge in [-0.15, -0.1) is 0 Å². The van der Waals surface area contributed by atoms with Crippen LogP contribution in [0.2, 0.25) is 0 Å². The third-order valence-electron chi connectivity index (χ3n) is 3.23. The molecular weight excluding hydrogens is 236 g/mol. The van der Waals surface area contributed by atoms with Crippen molar-refractivity contribution in [1.82, 2.24) is 10.2 Å². The molecule has 0 saturated carbocycles. The van der Waals surface area contributed by atoms with E-state index < -0.39 is 12.0 Å². The number of urea groups is 1. The van der Waals surface area contributed by atoms with Crippen LogP contribution < -0.4 is 5.32 Å². The van der Waals surface area contributed by atoms with Gasteiger partial charge < -0.3 is 20.1 Å². The van der Waals surface area contributed by atoms with Crippen molar-refractivity contribution in [3.63, 3.8) is 0 Å². The van der Waals surface area contributed by atoms with Crippen molar-refractivity contribution in [2.45, 2.75) is 44.7 Å². The average molecular weight is 258 g/mol. The number of carboxylic acid groups (broad SMARTS) is 1. The number of aliphatic carboxylic acids is 1. The first-order valence-corrected chi connectivity index (χ1v) is 6.40. The molecular formula is C12H22N2O4. The van der Waals surface area contributed by atoms with Gasteiger partial charge in [-0.25, -0.2) is 9.59 Å². The molecule has 0 aromatic rings. The lowest BCUT2D eigenvalue weighted by Gasteiger charge is -2.32. The minimum absolute atomic E-state index is 0.134. The summed E-state index contributed by atoms with van der Waals surface area (Å²) in [5, 5.41) is 11.6. The van der Waals surface area contributed by atoms with Crippen LogP contribution >= 0.6 is 0 Å². The van der Waals surface area contributed by atoms with Crippen LogP contribution in [-0.2, 0) is 9.53 Å². The fraction of sp³-hybridized carbons (Fsp3) is 0.833. The van der Waals surface area contributed by atoms with E-state index in [1.165, 1.54) is 0 Å². The smallest absolute Gasteiger partial charge is 0.326 e. The normalized spacial score (nSPS) is 18.1. The van der Waals surface area contributed by atoms with Gasteiger partial charge in [-0.05, 0) is 19.3 Å². The zero-order valence-electron chi connectivity index (χ0n) is 11.0. The highest BCUT2D eigenvalue weighted by Crippen LogP contribution is 2.13.